The lowest BCUT2D eigenvalue weighted by atomic mass is 9.94. The van der Waals surface area contributed by atoms with E-state index in [9.17, 15) is 13.6 Å². The number of alkyl halides is 2. The number of carbonyl (C=O) groups is 1. The van der Waals surface area contributed by atoms with Crippen molar-refractivity contribution in [3.8, 4) is 0 Å². The molecule has 7 nitrogen and oxygen atoms in total. The summed E-state index contributed by atoms with van der Waals surface area (Å²) < 4.78 is 28.5. The van der Waals surface area contributed by atoms with Crippen LogP contribution in [0, 0.1) is 6.92 Å². The summed E-state index contributed by atoms with van der Waals surface area (Å²) in [4.78, 5) is 23.0. The number of nitrogens with one attached hydrogen (secondary N) is 2. The first kappa shape index (κ1) is 29.5. The number of hydrogen-bond acceptors (Lipinski definition) is 4. The molecule has 3 aromatic rings. The number of aromatic nitrogens is 3. The Bertz CT molecular complexity index is 1220. The van der Waals surface area contributed by atoms with Gasteiger partial charge in [-0.1, -0.05) is 27.7 Å². The number of rotatable bonds is 8. The van der Waals surface area contributed by atoms with E-state index in [0.717, 1.165) is 18.4 Å². The highest BCUT2D eigenvalue weighted by Gasteiger charge is 2.29. The minimum absolute atomic E-state index is 0.196. The van der Waals surface area contributed by atoms with Gasteiger partial charge in [0.05, 0.1) is 16.9 Å². The van der Waals surface area contributed by atoms with Crippen LogP contribution in [0.25, 0.3) is 5.65 Å². The minimum Gasteiger partial charge on any atom is -0.312 e. The lowest BCUT2D eigenvalue weighted by Gasteiger charge is -2.19. The Morgan fingerprint density at radius 2 is 1.74 bits per heavy atom. The van der Waals surface area contributed by atoms with Crippen LogP contribution in [0.15, 0.2) is 30.7 Å². The number of urea groups is 1. The van der Waals surface area contributed by atoms with Crippen LogP contribution in [-0.2, 0) is 6.42 Å². The highest BCUT2D eigenvalue weighted by molar-refractivity contribution is 6.02. The van der Waals surface area contributed by atoms with E-state index < -0.39 is 6.43 Å². The molecule has 4 heterocycles. The molecule has 3 aromatic heterocycles. The molecule has 0 radical (unpaired) electrons. The van der Waals surface area contributed by atoms with Crippen molar-refractivity contribution < 1.29 is 13.6 Å². The second-order valence-corrected chi connectivity index (χ2v) is 10.2. The third-order valence-corrected chi connectivity index (χ3v) is 7.28. The first-order chi connectivity index (χ1) is 18.1. The third-order valence-electron chi connectivity index (χ3n) is 7.28. The highest BCUT2D eigenvalue weighted by Crippen LogP contribution is 2.34. The van der Waals surface area contributed by atoms with Crippen LogP contribution in [0.3, 0.4) is 0 Å². The molecule has 4 rings (SSSR count). The summed E-state index contributed by atoms with van der Waals surface area (Å²) in [6, 6.07) is 4.28. The van der Waals surface area contributed by atoms with Crippen molar-refractivity contribution >= 4 is 23.2 Å². The maximum Gasteiger partial charge on any atom is 0.327 e. The number of nitrogens with zero attached hydrogens (tertiary/aromatic N) is 4. The van der Waals surface area contributed by atoms with Gasteiger partial charge in [-0.2, -0.15) is 0 Å². The molecule has 9 heteroatoms. The molecular weight excluding hydrogens is 486 g/mol. The molecule has 2 N–H and O–H groups in total. The Balaban J connectivity index is 0.000000383. The maximum absolute atomic E-state index is 13.5. The number of anilines is 2. The van der Waals surface area contributed by atoms with Gasteiger partial charge in [0.15, 0.2) is 0 Å². The van der Waals surface area contributed by atoms with Gasteiger partial charge in [0.1, 0.15) is 11.5 Å². The van der Waals surface area contributed by atoms with Crippen LogP contribution in [0.1, 0.15) is 95.5 Å². The summed E-state index contributed by atoms with van der Waals surface area (Å²) in [6.07, 6.45) is 6.47. The topological polar surface area (TPSA) is 74.6 Å². The monoisotopic (exact) mass is 528 g/mol. The van der Waals surface area contributed by atoms with E-state index in [1.165, 1.54) is 28.9 Å². The quantitative estimate of drug-likeness (QED) is 0.323. The van der Waals surface area contributed by atoms with Crippen LogP contribution >= 0.6 is 0 Å². The first-order valence-corrected chi connectivity index (χ1v) is 13.7. The lowest BCUT2D eigenvalue weighted by Crippen LogP contribution is -2.34. The van der Waals surface area contributed by atoms with Crippen LogP contribution in [0.2, 0.25) is 0 Å². The van der Waals surface area contributed by atoms with Gasteiger partial charge in [-0.25, -0.2) is 23.5 Å². The van der Waals surface area contributed by atoms with Gasteiger partial charge in [-0.3, -0.25) is 4.90 Å². The molecule has 38 heavy (non-hydrogen) atoms. The fourth-order valence-corrected chi connectivity index (χ4v) is 4.58. The van der Waals surface area contributed by atoms with E-state index in [-0.39, 0.29) is 17.2 Å². The van der Waals surface area contributed by atoms with Crippen LogP contribution in [0.4, 0.5) is 25.1 Å². The molecular formula is C29H42F2N6O. The number of halogens is 2. The zero-order valence-electron chi connectivity index (χ0n) is 23.7. The number of pyridine rings is 2. The Morgan fingerprint density at radius 1 is 1.05 bits per heavy atom. The zero-order valence-corrected chi connectivity index (χ0v) is 23.7. The number of carbonyl (C=O) groups excluding carboxylic acids is 1. The Morgan fingerprint density at radius 3 is 2.34 bits per heavy atom. The third kappa shape index (κ3) is 6.87. The average Bonchev–Trinajstić information content (AvgIpc) is 3.50. The van der Waals surface area contributed by atoms with Gasteiger partial charge in [-0.15, -0.1) is 0 Å². The molecule has 208 valence electrons. The van der Waals surface area contributed by atoms with E-state index in [1.54, 1.807) is 30.4 Å². The fraction of sp³-hybridized carbons (Fsp3) is 0.552. The summed E-state index contributed by atoms with van der Waals surface area (Å²) in [5.41, 5.74) is 3.21. The second-order valence-electron chi connectivity index (χ2n) is 10.2. The van der Waals surface area contributed by atoms with Gasteiger partial charge in [0.25, 0.3) is 6.43 Å². The number of imidazole rings is 1. The molecule has 0 aromatic carbocycles. The summed E-state index contributed by atoms with van der Waals surface area (Å²) >= 11 is 0. The van der Waals surface area contributed by atoms with Gasteiger partial charge in [0, 0.05) is 42.8 Å². The van der Waals surface area contributed by atoms with Crippen molar-refractivity contribution in [2.45, 2.75) is 98.6 Å². The van der Waals surface area contributed by atoms with Crippen LogP contribution < -0.4 is 15.5 Å². The van der Waals surface area contributed by atoms with E-state index >= 15 is 0 Å². The molecule has 0 spiro atoms. The molecule has 1 aliphatic rings. The Hall–Kier alpha value is -3.07. The van der Waals surface area contributed by atoms with Gasteiger partial charge >= 0.3 is 6.03 Å². The molecule has 3 unspecified atom stereocenters. The predicted molar refractivity (Wildman–Crippen MR) is 151 cm³/mol. The molecule has 0 saturated heterocycles. The van der Waals surface area contributed by atoms with Crippen molar-refractivity contribution in [1.82, 2.24) is 19.7 Å². The van der Waals surface area contributed by atoms with Crippen LogP contribution in [-0.4, -0.2) is 39.0 Å². The van der Waals surface area contributed by atoms with Gasteiger partial charge in [0.2, 0.25) is 0 Å². The summed E-state index contributed by atoms with van der Waals surface area (Å²) in [6.45, 7) is 15.4. The SMILES string of the molecule is CCC(C)NC(C)CC.CCC(C)c1ccnc2c1CCN2C(=O)Nc1cc(C(F)F)c2nc(C)cn2c1. The van der Waals surface area contributed by atoms with E-state index in [4.69, 9.17) is 0 Å². The normalized spacial score (nSPS) is 15.2. The van der Waals surface area contributed by atoms with Crippen molar-refractivity contribution in [2.24, 2.45) is 0 Å². The number of aryl methyl sites for hydroxylation is 1. The van der Waals surface area contributed by atoms with Gasteiger partial charge in [-0.05, 0) is 70.1 Å². The largest absolute Gasteiger partial charge is 0.327 e. The van der Waals surface area contributed by atoms with Crippen molar-refractivity contribution in [3.05, 3.63) is 53.1 Å². The summed E-state index contributed by atoms with van der Waals surface area (Å²) in [5.74, 6) is 1.03. The molecule has 0 aliphatic carbocycles. The summed E-state index contributed by atoms with van der Waals surface area (Å²) in [7, 11) is 0. The minimum atomic E-state index is -2.69. The Kier molecular flexibility index (Phi) is 10.2. The molecule has 3 atom stereocenters. The van der Waals surface area contributed by atoms with Crippen molar-refractivity contribution in [3.63, 3.8) is 0 Å². The molecule has 0 saturated carbocycles. The van der Waals surface area contributed by atoms with Crippen molar-refractivity contribution in [1.29, 1.82) is 0 Å². The van der Waals surface area contributed by atoms with Crippen molar-refractivity contribution in [2.75, 3.05) is 16.8 Å². The van der Waals surface area contributed by atoms with E-state index in [2.05, 4.69) is 62.1 Å². The van der Waals surface area contributed by atoms with E-state index in [0.29, 0.717) is 41.7 Å². The molecule has 1 aliphatic heterocycles. The highest BCUT2D eigenvalue weighted by atomic mass is 19.3. The predicted octanol–water partition coefficient (Wildman–Crippen LogP) is 7.26. The standard InChI is InChI=1S/C21H23F2N5O.C8H19N/c1-4-12(2)15-5-7-24-19-16(15)6-8-28(19)21(29)26-14-9-17(18(22)23)20-25-13(3)10-27(20)11-14;1-5-7(3)9-8(4)6-2/h5,7,9-12,18H,4,6,8H2,1-3H3,(H,26,29);7-9H,5-6H2,1-4H3. The fourth-order valence-electron chi connectivity index (χ4n) is 4.58. The second kappa shape index (κ2) is 13.1. The molecule has 0 bridgehead atoms. The number of fused-ring (bicyclic) bond motifs is 2. The van der Waals surface area contributed by atoms with Crippen LogP contribution in [0.5, 0.6) is 0 Å². The summed E-state index contributed by atoms with van der Waals surface area (Å²) in [5, 5.41) is 6.23. The zero-order chi connectivity index (χ0) is 28.0. The Labute approximate surface area is 225 Å². The first-order valence-electron chi connectivity index (χ1n) is 13.7. The lowest BCUT2D eigenvalue weighted by molar-refractivity contribution is 0.152. The van der Waals surface area contributed by atoms with Gasteiger partial charge < -0.3 is 15.0 Å². The average molecular weight is 529 g/mol. The van der Waals surface area contributed by atoms with E-state index in [1.807, 2.05) is 6.07 Å². The molecule has 0 fully saturated rings. The maximum atomic E-state index is 13.5. The number of hydrogen-bond donors (Lipinski definition) is 2. The smallest absolute Gasteiger partial charge is 0.312 e. The number of amides is 2. The molecule has 2 amide bonds.